The van der Waals surface area contributed by atoms with Gasteiger partial charge in [0, 0.05) is 32.8 Å². The standard InChI is InChI=1S/C14H24N4O3/c1-5-11(6-2)17(9-10-21-4)14-12(18(19)20)7-8-13(15-3)16-14/h7-8,11H,5-6,9-10H2,1-4H3,(H,15,16). The second kappa shape index (κ2) is 8.41. The van der Waals surface area contributed by atoms with Crippen molar-refractivity contribution in [2.45, 2.75) is 32.7 Å². The van der Waals surface area contributed by atoms with E-state index in [1.807, 2.05) is 4.90 Å². The number of ether oxygens (including phenoxy) is 1. The molecule has 1 N–H and O–H groups in total. The van der Waals surface area contributed by atoms with E-state index in [4.69, 9.17) is 4.74 Å². The first kappa shape index (κ1) is 17.2. The fourth-order valence-electron chi connectivity index (χ4n) is 2.31. The Morgan fingerprint density at radius 3 is 2.57 bits per heavy atom. The van der Waals surface area contributed by atoms with E-state index in [0.29, 0.717) is 24.8 Å². The third-order valence-electron chi connectivity index (χ3n) is 3.50. The van der Waals surface area contributed by atoms with Crippen LogP contribution >= 0.6 is 0 Å². The number of methoxy groups -OCH3 is 1. The molecule has 0 fully saturated rings. The first-order valence-electron chi connectivity index (χ1n) is 7.17. The fraction of sp³-hybridized carbons (Fsp3) is 0.643. The number of nitro groups is 1. The lowest BCUT2D eigenvalue weighted by atomic mass is 10.1. The minimum absolute atomic E-state index is 0.0250. The average molecular weight is 296 g/mol. The molecular formula is C14H24N4O3. The fourth-order valence-corrected chi connectivity index (χ4v) is 2.31. The van der Waals surface area contributed by atoms with Gasteiger partial charge in [0.25, 0.3) is 0 Å². The van der Waals surface area contributed by atoms with Crippen molar-refractivity contribution in [3.05, 3.63) is 22.2 Å². The number of rotatable bonds is 9. The van der Waals surface area contributed by atoms with E-state index >= 15 is 0 Å². The number of hydrogen-bond acceptors (Lipinski definition) is 6. The van der Waals surface area contributed by atoms with Gasteiger partial charge in [-0.25, -0.2) is 4.98 Å². The molecule has 21 heavy (non-hydrogen) atoms. The van der Waals surface area contributed by atoms with Crippen molar-refractivity contribution in [3.63, 3.8) is 0 Å². The maximum Gasteiger partial charge on any atom is 0.311 e. The second-order valence-corrected chi connectivity index (χ2v) is 4.70. The molecule has 0 aromatic carbocycles. The predicted octanol–water partition coefficient (Wildman–Crippen LogP) is 2.67. The van der Waals surface area contributed by atoms with Gasteiger partial charge < -0.3 is 15.0 Å². The molecule has 0 aliphatic heterocycles. The molecule has 1 aromatic heterocycles. The van der Waals surface area contributed by atoms with Crippen molar-refractivity contribution >= 4 is 17.3 Å². The summed E-state index contributed by atoms with van der Waals surface area (Å²) in [7, 11) is 3.37. The van der Waals surface area contributed by atoms with Crippen LogP contribution in [-0.2, 0) is 4.74 Å². The maximum atomic E-state index is 11.3. The normalized spacial score (nSPS) is 10.7. The summed E-state index contributed by atoms with van der Waals surface area (Å²) in [6, 6.07) is 3.30. The van der Waals surface area contributed by atoms with E-state index in [1.165, 1.54) is 6.07 Å². The van der Waals surface area contributed by atoms with Gasteiger partial charge in [0.2, 0.25) is 5.82 Å². The first-order chi connectivity index (χ1) is 10.1. The molecule has 0 saturated carbocycles. The van der Waals surface area contributed by atoms with E-state index in [9.17, 15) is 10.1 Å². The molecule has 0 unspecified atom stereocenters. The molecule has 0 atom stereocenters. The molecule has 0 aliphatic carbocycles. The second-order valence-electron chi connectivity index (χ2n) is 4.70. The lowest BCUT2D eigenvalue weighted by Gasteiger charge is -2.31. The molecule has 0 radical (unpaired) electrons. The number of anilines is 2. The third kappa shape index (κ3) is 4.29. The molecule has 118 valence electrons. The van der Waals surface area contributed by atoms with Crippen molar-refractivity contribution < 1.29 is 9.66 Å². The highest BCUT2D eigenvalue weighted by Gasteiger charge is 2.25. The zero-order valence-corrected chi connectivity index (χ0v) is 13.1. The quantitative estimate of drug-likeness (QED) is 0.557. The zero-order valence-electron chi connectivity index (χ0n) is 13.1. The third-order valence-corrected chi connectivity index (χ3v) is 3.50. The van der Waals surface area contributed by atoms with E-state index in [1.54, 1.807) is 20.2 Å². The zero-order chi connectivity index (χ0) is 15.8. The summed E-state index contributed by atoms with van der Waals surface area (Å²) in [4.78, 5) is 17.3. The van der Waals surface area contributed by atoms with E-state index < -0.39 is 0 Å². The Bertz CT molecular complexity index is 464. The molecular weight excluding hydrogens is 272 g/mol. The largest absolute Gasteiger partial charge is 0.383 e. The van der Waals surface area contributed by atoms with E-state index in [2.05, 4.69) is 24.1 Å². The average Bonchev–Trinajstić information content (AvgIpc) is 2.50. The Morgan fingerprint density at radius 2 is 2.10 bits per heavy atom. The summed E-state index contributed by atoms with van der Waals surface area (Å²) in [5.74, 6) is 1.02. The first-order valence-corrected chi connectivity index (χ1v) is 7.17. The molecule has 1 rings (SSSR count). The SMILES string of the molecule is CCC(CC)N(CCOC)c1nc(NC)ccc1[N+](=O)[O-]. The summed E-state index contributed by atoms with van der Waals surface area (Å²) in [6.45, 7) is 5.21. The van der Waals surface area contributed by atoms with Crippen molar-refractivity contribution in [1.29, 1.82) is 0 Å². The Hall–Kier alpha value is -1.89. The number of pyridine rings is 1. The summed E-state index contributed by atoms with van der Waals surface area (Å²) >= 11 is 0. The van der Waals surface area contributed by atoms with Gasteiger partial charge >= 0.3 is 5.69 Å². The highest BCUT2D eigenvalue weighted by Crippen LogP contribution is 2.30. The van der Waals surface area contributed by atoms with Crippen molar-refractivity contribution in [3.8, 4) is 0 Å². The Labute approximate surface area is 125 Å². The molecule has 0 spiro atoms. The number of nitrogens with zero attached hydrogens (tertiary/aromatic N) is 3. The van der Waals surface area contributed by atoms with Gasteiger partial charge in [-0.3, -0.25) is 10.1 Å². The lowest BCUT2D eigenvalue weighted by Crippen LogP contribution is -2.38. The molecule has 0 amide bonds. The molecule has 0 bridgehead atoms. The summed E-state index contributed by atoms with van der Waals surface area (Å²) in [5.41, 5.74) is 0.0250. The van der Waals surface area contributed by atoms with Crippen LogP contribution in [0.5, 0.6) is 0 Å². The maximum absolute atomic E-state index is 11.3. The van der Waals surface area contributed by atoms with Crippen molar-refractivity contribution in [2.75, 3.05) is 37.5 Å². The van der Waals surface area contributed by atoms with Gasteiger partial charge in [0.15, 0.2) is 0 Å². The van der Waals surface area contributed by atoms with Gasteiger partial charge in [0.1, 0.15) is 5.82 Å². The van der Waals surface area contributed by atoms with Crippen LogP contribution < -0.4 is 10.2 Å². The van der Waals surface area contributed by atoms with Crippen LogP contribution in [-0.4, -0.2) is 43.3 Å². The Balaban J connectivity index is 3.28. The highest BCUT2D eigenvalue weighted by molar-refractivity contribution is 5.62. The van der Waals surface area contributed by atoms with E-state index in [-0.39, 0.29) is 16.7 Å². The highest BCUT2D eigenvalue weighted by atomic mass is 16.6. The van der Waals surface area contributed by atoms with Crippen LogP contribution in [0.4, 0.5) is 17.3 Å². The van der Waals surface area contributed by atoms with Crippen LogP contribution in [0, 0.1) is 10.1 Å². The molecule has 0 aliphatic rings. The minimum Gasteiger partial charge on any atom is -0.383 e. The molecule has 0 saturated heterocycles. The smallest absolute Gasteiger partial charge is 0.311 e. The number of hydrogen-bond donors (Lipinski definition) is 1. The predicted molar refractivity (Wildman–Crippen MR) is 84.0 cm³/mol. The lowest BCUT2D eigenvalue weighted by molar-refractivity contribution is -0.384. The number of aromatic nitrogens is 1. The van der Waals surface area contributed by atoms with Crippen LogP contribution in [0.3, 0.4) is 0 Å². The molecule has 7 heteroatoms. The van der Waals surface area contributed by atoms with Crippen LogP contribution in [0.15, 0.2) is 12.1 Å². The van der Waals surface area contributed by atoms with Gasteiger partial charge in [-0.1, -0.05) is 13.8 Å². The van der Waals surface area contributed by atoms with Gasteiger partial charge in [-0.15, -0.1) is 0 Å². The monoisotopic (exact) mass is 296 g/mol. The van der Waals surface area contributed by atoms with Crippen LogP contribution in [0.1, 0.15) is 26.7 Å². The molecule has 1 heterocycles. The van der Waals surface area contributed by atoms with Crippen LogP contribution in [0.25, 0.3) is 0 Å². The Kier molecular flexibility index (Phi) is 6.87. The van der Waals surface area contributed by atoms with Gasteiger partial charge in [0.05, 0.1) is 11.5 Å². The van der Waals surface area contributed by atoms with Gasteiger partial charge in [-0.2, -0.15) is 0 Å². The topological polar surface area (TPSA) is 80.5 Å². The molecule has 1 aromatic rings. The summed E-state index contributed by atoms with van der Waals surface area (Å²) < 4.78 is 5.13. The van der Waals surface area contributed by atoms with Crippen molar-refractivity contribution in [2.24, 2.45) is 0 Å². The van der Waals surface area contributed by atoms with Crippen molar-refractivity contribution in [1.82, 2.24) is 4.98 Å². The molecule has 7 nitrogen and oxygen atoms in total. The minimum atomic E-state index is -0.385. The Morgan fingerprint density at radius 1 is 1.43 bits per heavy atom. The summed E-state index contributed by atoms with van der Waals surface area (Å²) in [6.07, 6.45) is 1.78. The number of nitrogens with one attached hydrogen (secondary N) is 1. The van der Waals surface area contributed by atoms with E-state index in [0.717, 1.165) is 12.8 Å². The van der Waals surface area contributed by atoms with Crippen LogP contribution in [0.2, 0.25) is 0 Å². The van der Waals surface area contributed by atoms with Gasteiger partial charge in [-0.05, 0) is 18.9 Å². The summed E-state index contributed by atoms with van der Waals surface area (Å²) in [5, 5.41) is 14.2.